The standard InChI is InChI=1S/C21H20FN7O/c1-12-9-13(2)29(26-12)18-10-17(23-11-24-18)25-21-19(14(3)30)20(28(4)27-21)15-5-7-16(22)8-6-15/h5-11H,1-4H3,(H,23,24,25,27). The first-order valence-corrected chi connectivity index (χ1v) is 9.30. The van der Waals surface area contributed by atoms with Gasteiger partial charge in [0.2, 0.25) is 0 Å². The first kappa shape index (κ1) is 19.4. The van der Waals surface area contributed by atoms with Gasteiger partial charge in [-0.2, -0.15) is 10.2 Å². The van der Waals surface area contributed by atoms with Crippen LogP contribution in [0.5, 0.6) is 0 Å². The van der Waals surface area contributed by atoms with Gasteiger partial charge in [-0.15, -0.1) is 0 Å². The molecule has 4 rings (SSSR count). The number of carbonyl (C=O) groups is 1. The van der Waals surface area contributed by atoms with Gasteiger partial charge in [0.15, 0.2) is 17.4 Å². The van der Waals surface area contributed by atoms with Crippen LogP contribution in [0, 0.1) is 19.7 Å². The minimum atomic E-state index is -0.346. The third kappa shape index (κ3) is 3.57. The number of rotatable bonds is 5. The number of aryl methyl sites for hydroxylation is 3. The van der Waals surface area contributed by atoms with E-state index in [4.69, 9.17) is 0 Å². The Morgan fingerprint density at radius 2 is 1.80 bits per heavy atom. The van der Waals surface area contributed by atoms with E-state index in [1.807, 2.05) is 19.9 Å². The molecule has 1 aromatic carbocycles. The van der Waals surface area contributed by atoms with Crippen molar-refractivity contribution in [3.05, 3.63) is 65.5 Å². The molecule has 3 heterocycles. The second kappa shape index (κ2) is 7.51. The number of Topliss-reactive ketones (excluding diaryl/α,β-unsaturated/α-hetero) is 1. The number of aromatic nitrogens is 6. The van der Waals surface area contributed by atoms with Crippen molar-refractivity contribution < 1.29 is 9.18 Å². The molecular formula is C21H20FN7O. The van der Waals surface area contributed by atoms with Crippen molar-refractivity contribution in [2.24, 2.45) is 7.05 Å². The predicted molar refractivity (Wildman–Crippen MR) is 111 cm³/mol. The Morgan fingerprint density at radius 3 is 2.43 bits per heavy atom. The lowest BCUT2D eigenvalue weighted by atomic mass is 10.0. The van der Waals surface area contributed by atoms with Gasteiger partial charge in [-0.05, 0) is 51.1 Å². The maximum atomic E-state index is 13.3. The molecule has 0 atom stereocenters. The molecule has 0 aliphatic heterocycles. The van der Waals surface area contributed by atoms with Crippen molar-refractivity contribution in [2.45, 2.75) is 20.8 Å². The first-order valence-electron chi connectivity index (χ1n) is 9.30. The van der Waals surface area contributed by atoms with Crippen molar-refractivity contribution in [3.63, 3.8) is 0 Å². The molecule has 0 amide bonds. The van der Waals surface area contributed by atoms with E-state index < -0.39 is 0 Å². The molecule has 0 bridgehead atoms. The van der Waals surface area contributed by atoms with E-state index in [9.17, 15) is 9.18 Å². The van der Waals surface area contributed by atoms with Crippen molar-refractivity contribution >= 4 is 17.4 Å². The summed E-state index contributed by atoms with van der Waals surface area (Å²) in [4.78, 5) is 21.0. The summed E-state index contributed by atoms with van der Waals surface area (Å²) >= 11 is 0. The monoisotopic (exact) mass is 405 g/mol. The van der Waals surface area contributed by atoms with Crippen molar-refractivity contribution in [1.29, 1.82) is 0 Å². The number of ketones is 1. The van der Waals surface area contributed by atoms with Crippen LogP contribution in [-0.2, 0) is 7.05 Å². The fraction of sp³-hybridized carbons (Fsp3) is 0.190. The molecule has 0 fully saturated rings. The minimum absolute atomic E-state index is 0.169. The summed E-state index contributed by atoms with van der Waals surface area (Å²) < 4.78 is 16.7. The van der Waals surface area contributed by atoms with Crippen molar-refractivity contribution in [1.82, 2.24) is 29.5 Å². The van der Waals surface area contributed by atoms with Gasteiger partial charge in [0.25, 0.3) is 0 Å². The molecule has 8 nitrogen and oxygen atoms in total. The van der Waals surface area contributed by atoms with Gasteiger partial charge in [-0.3, -0.25) is 9.48 Å². The van der Waals surface area contributed by atoms with E-state index in [1.54, 1.807) is 34.6 Å². The maximum Gasteiger partial charge on any atom is 0.165 e. The number of hydrogen-bond donors (Lipinski definition) is 1. The summed E-state index contributed by atoms with van der Waals surface area (Å²) in [6, 6.07) is 9.63. The molecule has 0 spiro atoms. The molecule has 3 aromatic heterocycles. The van der Waals surface area contributed by atoms with Crippen LogP contribution in [0.3, 0.4) is 0 Å². The Balaban J connectivity index is 1.75. The highest BCUT2D eigenvalue weighted by Gasteiger charge is 2.22. The van der Waals surface area contributed by atoms with E-state index in [0.29, 0.717) is 34.3 Å². The highest BCUT2D eigenvalue weighted by Crippen LogP contribution is 2.31. The zero-order valence-corrected chi connectivity index (χ0v) is 17.0. The molecule has 152 valence electrons. The summed E-state index contributed by atoms with van der Waals surface area (Å²) in [6.45, 7) is 5.32. The van der Waals surface area contributed by atoms with E-state index in [2.05, 4.69) is 25.5 Å². The second-order valence-electron chi connectivity index (χ2n) is 6.98. The van der Waals surface area contributed by atoms with Gasteiger partial charge in [-0.1, -0.05) is 0 Å². The van der Waals surface area contributed by atoms with Crippen LogP contribution in [0.25, 0.3) is 17.1 Å². The van der Waals surface area contributed by atoms with E-state index >= 15 is 0 Å². The molecule has 0 aliphatic rings. The van der Waals surface area contributed by atoms with Crippen LogP contribution in [0.1, 0.15) is 28.7 Å². The van der Waals surface area contributed by atoms with Gasteiger partial charge >= 0.3 is 0 Å². The van der Waals surface area contributed by atoms with Crippen molar-refractivity contribution in [3.8, 4) is 17.1 Å². The lowest BCUT2D eigenvalue weighted by Crippen LogP contribution is -2.05. The topological polar surface area (TPSA) is 90.5 Å². The predicted octanol–water partition coefficient (Wildman–Crippen LogP) is 3.76. The number of anilines is 2. The third-order valence-electron chi connectivity index (χ3n) is 4.64. The number of benzene rings is 1. The normalized spacial score (nSPS) is 11.0. The summed E-state index contributed by atoms with van der Waals surface area (Å²) in [5, 5.41) is 12.0. The molecule has 0 aliphatic carbocycles. The number of nitrogens with one attached hydrogen (secondary N) is 1. The smallest absolute Gasteiger partial charge is 0.165 e. The SMILES string of the molecule is CC(=O)c1c(Nc2cc(-n3nc(C)cc3C)ncn2)nn(C)c1-c1ccc(F)cc1. The third-order valence-corrected chi connectivity index (χ3v) is 4.64. The largest absolute Gasteiger partial charge is 0.323 e. The minimum Gasteiger partial charge on any atom is -0.323 e. The molecule has 9 heteroatoms. The van der Waals surface area contributed by atoms with Crippen LogP contribution in [-0.4, -0.2) is 35.3 Å². The molecule has 0 radical (unpaired) electrons. The van der Waals surface area contributed by atoms with Crippen LogP contribution >= 0.6 is 0 Å². The molecule has 0 saturated carbocycles. The van der Waals surface area contributed by atoms with Gasteiger partial charge in [-0.25, -0.2) is 19.0 Å². The Kier molecular flexibility index (Phi) is 4.86. The molecule has 1 N–H and O–H groups in total. The van der Waals surface area contributed by atoms with Crippen molar-refractivity contribution in [2.75, 3.05) is 5.32 Å². The molecule has 4 aromatic rings. The Hall–Kier alpha value is -3.88. The Labute approximate surface area is 172 Å². The average molecular weight is 405 g/mol. The number of nitrogens with zero attached hydrogens (tertiary/aromatic N) is 6. The summed E-state index contributed by atoms with van der Waals surface area (Å²) in [7, 11) is 1.73. The van der Waals surface area contributed by atoms with Gasteiger partial charge < -0.3 is 5.32 Å². The fourth-order valence-electron chi connectivity index (χ4n) is 3.40. The molecule has 0 unspecified atom stereocenters. The summed E-state index contributed by atoms with van der Waals surface area (Å²) in [5.74, 6) is 0.914. The fourth-order valence-corrected chi connectivity index (χ4v) is 3.40. The second-order valence-corrected chi connectivity index (χ2v) is 6.98. The van der Waals surface area contributed by atoms with Crippen LogP contribution in [0.15, 0.2) is 42.7 Å². The summed E-state index contributed by atoms with van der Waals surface area (Å²) in [5.41, 5.74) is 3.51. The first-order chi connectivity index (χ1) is 14.3. The van der Waals surface area contributed by atoms with Crippen LogP contribution in [0.4, 0.5) is 16.0 Å². The molecular weight excluding hydrogens is 385 g/mol. The van der Waals surface area contributed by atoms with Gasteiger partial charge in [0, 0.05) is 24.4 Å². The highest BCUT2D eigenvalue weighted by atomic mass is 19.1. The van der Waals surface area contributed by atoms with Gasteiger partial charge in [0.05, 0.1) is 17.0 Å². The van der Waals surface area contributed by atoms with E-state index in [-0.39, 0.29) is 11.6 Å². The highest BCUT2D eigenvalue weighted by molar-refractivity contribution is 6.05. The summed E-state index contributed by atoms with van der Waals surface area (Å²) in [6.07, 6.45) is 1.42. The Bertz CT molecular complexity index is 1240. The molecule has 0 saturated heterocycles. The molecule has 30 heavy (non-hydrogen) atoms. The van der Waals surface area contributed by atoms with Crippen LogP contribution < -0.4 is 5.32 Å². The zero-order valence-electron chi connectivity index (χ0n) is 17.0. The lowest BCUT2D eigenvalue weighted by Gasteiger charge is -2.08. The number of carbonyl (C=O) groups excluding carboxylic acids is 1. The quantitative estimate of drug-likeness (QED) is 0.509. The Morgan fingerprint density at radius 1 is 1.07 bits per heavy atom. The van der Waals surface area contributed by atoms with Gasteiger partial charge in [0.1, 0.15) is 18.0 Å². The number of hydrogen-bond acceptors (Lipinski definition) is 6. The number of halogens is 1. The maximum absolute atomic E-state index is 13.3. The zero-order chi connectivity index (χ0) is 21.4. The van der Waals surface area contributed by atoms with E-state index in [1.165, 1.54) is 25.4 Å². The lowest BCUT2D eigenvalue weighted by molar-refractivity contribution is 0.101. The van der Waals surface area contributed by atoms with E-state index in [0.717, 1.165) is 11.4 Å². The average Bonchev–Trinajstić information content (AvgIpc) is 3.21. The van der Waals surface area contributed by atoms with Crippen LogP contribution in [0.2, 0.25) is 0 Å².